The maximum atomic E-state index is 12.1. The van der Waals surface area contributed by atoms with E-state index in [-0.39, 0.29) is 18.0 Å². The molecule has 0 bridgehead atoms. The summed E-state index contributed by atoms with van der Waals surface area (Å²) in [6, 6.07) is 11.3. The first-order valence-corrected chi connectivity index (χ1v) is 7.85. The largest absolute Gasteiger partial charge is 0.481 e. The van der Waals surface area contributed by atoms with Gasteiger partial charge in [0.25, 0.3) is 0 Å². The molecule has 0 atom stereocenters. The second-order valence-corrected chi connectivity index (χ2v) is 6.02. The highest BCUT2D eigenvalue weighted by Gasteiger charge is 2.35. The van der Waals surface area contributed by atoms with Crippen LogP contribution in [0.25, 0.3) is 11.1 Å². The summed E-state index contributed by atoms with van der Waals surface area (Å²) in [5, 5.41) is 14.5. The van der Waals surface area contributed by atoms with Crippen LogP contribution in [0.5, 0.6) is 0 Å². The number of nitrogens with zero attached hydrogens (tertiary/aromatic N) is 1. The topological polar surface area (TPSA) is 91.3 Å². The highest BCUT2D eigenvalue weighted by Crippen LogP contribution is 2.28. The molecule has 1 heterocycles. The van der Waals surface area contributed by atoms with Crippen LogP contribution >= 0.6 is 0 Å². The van der Waals surface area contributed by atoms with E-state index in [0.29, 0.717) is 18.5 Å². The van der Waals surface area contributed by atoms with E-state index in [1.807, 2.05) is 43.3 Å². The van der Waals surface area contributed by atoms with E-state index < -0.39 is 5.97 Å². The molecule has 2 amide bonds. The third-order valence-electron chi connectivity index (χ3n) is 4.26. The smallest absolute Gasteiger partial charge is 0.319 e. The highest BCUT2D eigenvalue weighted by atomic mass is 16.4. The number of rotatable bonds is 4. The molecule has 1 aromatic heterocycles. The van der Waals surface area contributed by atoms with Gasteiger partial charge in [-0.1, -0.05) is 30.3 Å². The number of amides is 2. The number of anilines is 1. The minimum Gasteiger partial charge on any atom is -0.481 e. The van der Waals surface area contributed by atoms with Gasteiger partial charge in [0.15, 0.2) is 0 Å². The van der Waals surface area contributed by atoms with Crippen molar-refractivity contribution in [3.8, 4) is 11.1 Å². The number of hydrogen-bond donors (Lipinski definition) is 3. The van der Waals surface area contributed by atoms with Crippen LogP contribution in [0.15, 0.2) is 42.6 Å². The Balaban J connectivity index is 1.64. The number of carbonyl (C=O) groups excluding carboxylic acids is 1. The molecule has 1 aliphatic rings. The molecule has 1 fully saturated rings. The predicted octanol–water partition coefficient (Wildman–Crippen LogP) is 3.04. The molecule has 1 aromatic carbocycles. The standard InChI is InChI=1S/C18H19N3O3/c1-11-16(9-14(10-19-11)12-5-3-2-4-6-12)21-18(24)20-15-7-13(8-15)17(22)23/h2-6,9-10,13,15H,7-8H2,1H3,(H,22,23)(H2,20,21,24). The zero-order valence-electron chi connectivity index (χ0n) is 13.3. The first-order chi connectivity index (χ1) is 11.5. The number of pyridine rings is 1. The Labute approximate surface area is 139 Å². The quantitative estimate of drug-likeness (QED) is 0.806. The van der Waals surface area contributed by atoms with Gasteiger partial charge in [-0.15, -0.1) is 0 Å². The maximum Gasteiger partial charge on any atom is 0.319 e. The molecule has 0 spiro atoms. The fourth-order valence-electron chi connectivity index (χ4n) is 2.73. The van der Waals surface area contributed by atoms with Crippen molar-refractivity contribution in [1.82, 2.24) is 10.3 Å². The van der Waals surface area contributed by atoms with Crippen LogP contribution in [-0.4, -0.2) is 28.1 Å². The first kappa shape index (κ1) is 16.0. The molecule has 0 aliphatic heterocycles. The lowest BCUT2D eigenvalue weighted by atomic mass is 9.80. The van der Waals surface area contributed by atoms with Crippen LogP contribution in [0.4, 0.5) is 10.5 Å². The van der Waals surface area contributed by atoms with Crippen molar-refractivity contribution in [3.05, 3.63) is 48.3 Å². The van der Waals surface area contributed by atoms with Crippen LogP contribution in [0, 0.1) is 12.8 Å². The zero-order chi connectivity index (χ0) is 17.1. The van der Waals surface area contributed by atoms with Crippen molar-refractivity contribution in [3.63, 3.8) is 0 Å². The molecule has 1 aliphatic carbocycles. The molecule has 0 saturated heterocycles. The molecular weight excluding hydrogens is 306 g/mol. The van der Waals surface area contributed by atoms with Gasteiger partial charge in [-0.25, -0.2) is 4.79 Å². The monoisotopic (exact) mass is 325 g/mol. The first-order valence-electron chi connectivity index (χ1n) is 7.85. The molecular formula is C18H19N3O3. The Morgan fingerprint density at radius 1 is 1.17 bits per heavy atom. The van der Waals surface area contributed by atoms with E-state index in [2.05, 4.69) is 15.6 Å². The molecule has 6 heteroatoms. The van der Waals surface area contributed by atoms with Crippen LogP contribution in [-0.2, 0) is 4.79 Å². The lowest BCUT2D eigenvalue weighted by Gasteiger charge is -2.32. The Bertz CT molecular complexity index is 755. The zero-order valence-corrected chi connectivity index (χ0v) is 13.3. The molecule has 3 rings (SSSR count). The van der Waals surface area contributed by atoms with E-state index in [9.17, 15) is 9.59 Å². The summed E-state index contributed by atoms with van der Waals surface area (Å²) < 4.78 is 0. The van der Waals surface area contributed by atoms with Gasteiger partial charge >= 0.3 is 12.0 Å². The normalized spacial score (nSPS) is 19.2. The molecule has 2 aromatic rings. The number of aryl methyl sites for hydroxylation is 1. The summed E-state index contributed by atoms with van der Waals surface area (Å²) in [5.74, 6) is -1.15. The molecule has 0 unspecified atom stereocenters. The number of aromatic nitrogens is 1. The third-order valence-corrected chi connectivity index (χ3v) is 4.26. The van der Waals surface area contributed by atoms with Crippen molar-refractivity contribution < 1.29 is 14.7 Å². The Hall–Kier alpha value is -2.89. The lowest BCUT2D eigenvalue weighted by molar-refractivity contribution is -0.145. The molecule has 24 heavy (non-hydrogen) atoms. The van der Waals surface area contributed by atoms with Gasteiger partial charge in [0, 0.05) is 17.8 Å². The third kappa shape index (κ3) is 3.53. The minimum absolute atomic E-state index is 0.0864. The lowest BCUT2D eigenvalue weighted by Crippen LogP contribution is -2.48. The molecule has 1 saturated carbocycles. The Morgan fingerprint density at radius 2 is 1.88 bits per heavy atom. The summed E-state index contributed by atoms with van der Waals surface area (Å²) >= 11 is 0. The van der Waals surface area contributed by atoms with E-state index >= 15 is 0 Å². The summed E-state index contributed by atoms with van der Waals surface area (Å²) in [4.78, 5) is 27.2. The Morgan fingerprint density at radius 3 is 2.54 bits per heavy atom. The van der Waals surface area contributed by atoms with Crippen LogP contribution in [0.3, 0.4) is 0 Å². The van der Waals surface area contributed by atoms with Gasteiger partial charge in [-0.3, -0.25) is 9.78 Å². The summed E-state index contributed by atoms with van der Waals surface area (Å²) in [7, 11) is 0. The number of carboxylic acids is 1. The van der Waals surface area contributed by atoms with Crippen molar-refractivity contribution >= 4 is 17.7 Å². The van der Waals surface area contributed by atoms with Crippen LogP contribution < -0.4 is 10.6 Å². The minimum atomic E-state index is -0.802. The fourth-order valence-corrected chi connectivity index (χ4v) is 2.73. The predicted molar refractivity (Wildman–Crippen MR) is 90.7 cm³/mol. The van der Waals surface area contributed by atoms with Crippen molar-refractivity contribution in [1.29, 1.82) is 0 Å². The summed E-state index contributed by atoms with van der Waals surface area (Å²) in [5.41, 5.74) is 3.31. The Kier molecular flexibility index (Phi) is 4.46. The second-order valence-electron chi connectivity index (χ2n) is 6.02. The highest BCUT2D eigenvalue weighted by molar-refractivity contribution is 5.91. The molecule has 6 nitrogen and oxygen atoms in total. The number of urea groups is 1. The van der Waals surface area contributed by atoms with Gasteiger partial charge in [-0.05, 0) is 31.4 Å². The number of carbonyl (C=O) groups is 2. The van der Waals surface area contributed by atoms with Gasteiger partial charge < -0.3 is 15.7 Å². The fraction of sp³-hybridized carbons (Fsp3) is 0.278. The number of carboxylic acid groups (broad SMARTS) is 1. The van der Waals surface area contributed by atoms with E-state index in [1.54, 1.807) is 6.20 Å². The van der Waals surface area contributed by atoms with Crippen molar-refractivity contribution in [2.24, 2.45) is 5.92 Å². The number of hydrogen-bond acceptors (Lipinski definition) is 3. The summed E-state index contributed by atoms with van der Waals surface area (Å²) in [6.45, 7) is 1.83. The SMILES string of the molecule is Cc1ncc(-c2ccccc2)cc1NC(=O)NC1CC(C(=O)O)C1. The number of nitrogens with one attached hydrogen (secondary N) is 2. The molecule has 3 N–H and O–H groups in total. The van der Waals surface area contributed by atoms with Gasteiger partial charge in [0.2, 0.25) is 0 Å². The average molecular weight is 325 g/mol. The van der Waals surface area contributed by atoms with Crippen LogP contribution in [0.2, 0.25) is 0 Å². The summed E-state index contributed by atoms with van der Waals surface area (Å²) in [6.07, 6.45) is 2.73. The average Bonchev–Trinajstić information content (AvgIpc) is 2.53. The van der Waals surface area contributed by atoms with Crippen molar-refractivity contribution in [2.75, 3.05) is 5.32 Å². The molecule has 124 valence electrons. The maximum absolute atomic E-state index is 12.1. The number of benzene rings is 1. The number of aliphatic carboxylic acids is 1. The van der Waals surface area contributed by atoms with Gasteiger partial charge in [0.05, 0.1) is 17.3 Å². The van der Waals surface area contributed by atoms with Gasteiger partial charge in [-0.2, -0.15) is 0 Å². The van der Waals surface area contributed by atoms with E-state index in [4.69, 9.17) is 5.11 Å². The van der Waals surface area contributed by atoms with E-state index in [0.717, 1.165) is 16.8 Å². The van der Waals surface area contributed by atoms with Crippen LogP contribution in [0.1, 0.15) is 18.5 Å². The van der Waals surface area contributed by atoms with Gasteiger partial charge in [0.1, 0.15) is 0 Å². The molecule has 0 radical (unpaired) electrons. The second kappa shape index (κ2) is 6.70. The van der Waals surface area contributed by atoms with E-state index in [1.165, 1.54) is 0 Å². The van der Waals surface area contributed by atoms with Crippen molar-refractivity contribution in [2.45, 2.75) is 25.8 Å².